The van der Waals surface area contributed by atoms with E-state index in [-0.39, 0.29) is 60.1 Å². The van der Waals surface area contributed by atoms with Crippen molar-refractivity contribution in [3.63, 3.8) is 0 Å². The van der Waals surface area contributed by atoms with Crippen molar-refractivity contribution in [3.05, 3.63) is 35.4 Å². The number of unbranched alkanes of at least 4 members (excludes halogenated alkanes) is 12. The number of hydrogen-bond acceptors (Lipinski definition) is 7. The van der Waals surface area contributed by atoms with Gasteiger partial charge in [0, 0.05) is 5.75 Å². The number of carbonyl (C=O) groups excluding carboxylic acids is 2. The van der Waals surface area contributed by atoms with Crippen LogP contribution in [0.4, 0.5) is 0 Å². The third kappa shape index (κ3) is 18.0. The molecule has 0 saturated heterocycles. The number of hydrogen-bond donors (Lipinski definition) is 0. The van der Waals surface area contributed by atoms with Crippen molar-refractivity contribution in [3.8, 4) is 0 Å². The minimum atomic E-state index is -4.27. The zero-order valence-corrected chi connectivity index (χ0v) is 24.4. The van der Waals surface area contributed by atoms with Gasteiger partial charge >= 0.3 is 41.5 Å². The summed E-state index contributed by atoms with van der Waals surface area (Å²) in [4.78, 5) is 24.7. The predicted octanol–water partition coefficient (Wildman–Crippen LogP) is 3.03. The number of esters is 2. The fourth-order valence-corrected chi connectivity index (χ4v) is 4.21. The van der Waals surface area contributed by atoms with Gasteiger partial charge in [-0.2, -0.15) is 0 Å². The first-order valence-corrected chi connectivity index (χ1v) is 14.3. The average molecular weight is 521 g/mol. The molecule has 0 atom stereocenters. The Morgan fingerprint density at radius 2 is 1.06 bits per heavy atom. The van der Waals surface area contributed by atoms with E-state index in [1.165, 1.54) is 69.9 Å². The van der Waals surface area contributed by atoms with Gasteiger partial charge in [0.1, 0.15) is 0 Å². The Bertz CT molecular complexity index is 812. The Morgan fingerprint density at radius 3 is 1.46 bits per heavy atom. The van der Waals surface area contributed by atoms with Crippen molar-refractivity contribution in [2.75, 3.05) is 19.0 Å². The summed E-state index contributed by atoms with van der Waals surface area (Å²) >= 11 is 0. The van der Waals surface area contributed by atoms with Crippen LogP contribution in [0.25, 0.3) is 0 Å². The Balaban J connectivity index is 0.0000116. The van der Waals surface area contributed by atoms with Gasteiger partial charge in [0.25, 0.3) is 0 Å². The molecular formula is C26H41NaO7S. The average Bonchev–Trinajstić information content (AvgIpc) is 2.80. The van der Waals surface area contributed by atoms with Crippen molar-refractivity contribution >= 4 is 22.1 Å². The van der Waals surface area contributed by atoms with Crippen molar-refractivity contribution in [1.29, 1.82) is 0 Å². The van der Waals surface area contributed by atoms with Crippen molar-refractivity contribution < 1.29 is 61.6 Å². The van der Waals surface area contributed by atoms with E-state index in [9.17, 15) is 22.6 Å². The molecule has 0 aliphatic rings. The fraction of sp³-hybridized carbons (Fsp3) is 0.692. The van der Waals surface area contributed by atoms with Crippen LogP contribution in [0.2, 0.25) is 0 Å². The molecule has 0 bridgehead atoms. The summed E-state index contributed by atoms with van der Waals surface area (Å²) < 4.78 is 42.2. The van der Waals surface area contributed by atoms with E-state index >= 15 is 0 Å². The minimum absolute atomic E-state index is 0. The summed E-state index contributed by atoms with van der Waals surface area (Å²) in [5.41, 5.74) is 0.257. The molecule has 0 saturated carbocycles. The van der Waals surface area contributed by atoms with E-state index < -0.39 is 27.8 Å². The Kier molecular flexibility index (Phi) is 20.6. The van der Waals surface area contributed by atoms with Crippen LogP contribution in [0.15, 0.2) is 24.3 Å². The first-order chi connectivity index (χ1) is 16.3. The summed E-state index contributed by atoms with van der Waals surface area (Å²) in [5.74, 6) is -1.73. The predicted molar refractivity (Wildman–Crippen MR) is 132 cm³/mol. The van der Waals surface area contributed by atoms with Gasteiger partial charge in [-0.3, -0.25) is 0 Å². The molecule has 0 N–H and O–H groups in total. The van der Waals surface area contributed by atoms with Crippen molar-refractivity contribution in [2.45, 2.75) is 96.8 Å². The largest absolute Gasteiger partial charge is 1.00 e. The van der Waals surface area contributed by atoms with Crippen LogP contribution in [0.3, 0.4) is 0 Å². The summed E-state index contributed by atoms with van der Waals surface area (Å²) in [6.07, 6.45) is 15.1. The van der Waals surface area contributed by atoms with Gasteiger partial charge in [0.05, 0.1) is 34.5 Å². The maximum absolute atomic E-state index is 12.4. The van der Waals surface area contributed by atoms with Crippen LogP contribution in [-0.2, 0) is 19.6 Å². The third-order valence-corrected chi connectivity index (χ3v) is 6.41. The van der Waals surface area contributed by atoms with Crippen LogP contribution in [0.5, 0.6) is 0 Å². The van der Waals surface area contributed by atoms with E-state index in [0.29, 0.717) is 6.61 Å². The first-order valence-electron chi connectivity index (χ1n) is 12.7. The molecule has 1 aromatic carbocycles. The Morgan fingerprint density at radius 1 is 0.686 bits per heavy atom. The second-order valence-electron chi connectivity index (χ2n) is 8.68. The normalized spacial score (nSPS) is 11.0. The zero-order valence-electron chi connectivity index (χ0n) is 21.6. The summed E-state index contributed by atoms with van der Waals surface area (Å²) in [6.45, 7) is 2.51. The van der Waals surface area contributed by atoms with Gasteiger partial charge in [0.2, 0.25) is 0 Å². The molecule has 0 aromatic heterocycles. The molecule has 35 heavy (non-hydrogen) atoms. The van der Waals surface area contributed by atoms with E-state index in [2.05, 4.69) is 6.92 Å². The molecule has 0 spiro atoms. The second kappa shape index (κ2) is 21.2. The van der Waals surface area contributed by atoms with Gasteiger partial charge in [-0.1, -0.05) is 89.7 Å². The van der Waals surface area contributed by atoms with Crippen LogP contribution < -0.4 is 29.6 Å². The summed E-state index contributed by atoms with van der Waals surface area (Å²) in [6, 6.07) is 6.29. The molecule has 0 amide bonds. The molecule has 7 nitrogen and oxygen atoms in total. The van der Waals surface area contributed by atoms with E-state index in [1.807, 2.05) is 0 Å². The van der Waals surface area contributed by atoms with E-state index in [0.717, 1.165) is 19.3 Å². The zero-order chi connectivity index (χ0) is 25.1. The minimum Gasteiger partial charge on any atom is -0.748 e. The number of ether oxygens (including phenoxy) is 2. The molecule has 0 heterocycles. The molecular weight excluding hydrogens is 479 g/mol. The van der Waals surface area contributed by atoms with Crippen molar-refractivity contribution in [1.82, 2.24) is 0 Å². The van der Waals surface area contributed by atoms with Crippen LogP contribution >= 0.6 is 0 Å². The van der Waals surface area contributed by atoms with Gasteiger partial charge in [-0.05, 0) is 31.4 Å². The summed E-state index contributed by atoms with van der Waals surface area (Å²) in [5, 5.41) is 0. The maximum Gasteiger partial charge on any atom is 1.00 e. The third-order valence-electron chi connectivity index (χ3n) is 5.62. The molecule has 9 heteroatoms. The molecule has 1 rings (SSSR count). The van der Waals surface area contributed by atoms with E-state index in [4.69, 9.17) is 9.47 Å². The summed E-state index contributed by atoms with van der Waals surface area (Å²) in [7, 11) is -4.27. The molecule has 0 radical (unpaired) electrons. The van der Waals surface area contributed by atoms with Crippen molar-refractivity contribution in [2.24, 2.45) is 0 Å². The fourth-order valence-electron chi connectivity index (χ4n) is 3.65. The standard InChI is InChI=1S/C26H42O7S.Na/c1-2-3-4-5-6-7-8-9-10-11-12-15-20-32-25(27)23-18-13-14-19-24(23)26(28)33-21-16-17-22-34(29,30)31;/h13-14,18-19H,2-12,15-17,20-22H2,1H3,(H,29,30,31);/q;+1/p-1. The molecule has 1 aromatic rings. The number of carbonyl (C=O) groups is 2. The molecule has 0 aliphatic heterocycles. The second-order valence-corrected chi connectivity index (χ2v) is 10.2. The molecule has 0 aliphatic carbocycles. The van der Waals surface area contributed by atoms with Gasteiger partial charge in [0.15, 0.2) is 0 Å². The van der Waals surface area contributed by atoms with Gasteiger partial charge in [-0.25, -0.2) is 18.0 Å². The van der Waals surface area contributed by atoms with E-state index in [1.54, 1.807) is 12.1 Å². The van der Waals surface area contributed by atoms with Gasteiger partial charge in [-0.15, -0.1) is 0 Å². The van der Waals surface area contributed by atoms with Gasteiger partial charge < -0.3 is 14.0 Å². The van der Waals surface area contributed by atoms with Crippen LogP contribution in [0, 0.1) is 0 Å². The number of benzene rings is 1. The molecule has 0 fully saturated rings. The molecule has 194 valence electrons. The quantitative estimate of drug-likeness (QED) is 0.112. The Labute approximate surface area is 233 Å². The SMILES string of the molecule is CCCCCCCCCCCCCCOC(=O)c1ccccc1C(=O)OCCCCS(=O)(=O)[O-].[Na+]. The molecule has 0 unspecified atom stereocenters. The topological polar surface area (TPSA) is 110 Å². The van der Waals surface area contributed by atoms with Crippen LogP contribution in [0.1, 0.15) is 118 Å². The number of rotatable bonds is 20. The monoisotopic (exact) mass is 520 g/mol. The smallest absolute Gasteiger partial charge is 0.748 e. The maximum atomic E-state index is 12.4. The first kappa shape index (κ1) is 34.1. The Hall–Kier alpha value is -0.930. The van der Waals surface area contributed by atoms with Crippen LogP contribution in [-0.4, -0.2) is 43.9 Å².